The molecule has 5 aromatic rings. The van der Waals surface area contributed by atoms with Gasteiger partial charge in [-0.05, 0) is 28.8 Å². The van der Waals surface area contributed by atoms with Gasteiger partial charge >= 0.3 is 0 Å². The van der Waals surface area contributed by atoms with Gasteiger partial charge in [-0.3, -0.25) is 4.79 Å². The second kappa shape index (κ2) is 9.34. The number of halogens is 1. The van der Waals surface area contributed by atoms with Gasteiger partial charge in [0.2, 0.25) is 10.9 Å². The van der Waals surface area contributed by atoms with Crippen molar-refractivity contribution >= 4 is 22.2 Å². The predicted molar refractivity (Wildman–Crippen MR) is 129 cm³/mol. The van der Waals surface area contributed by atoms with E-state index in [1.165, 1.54) is 23.5 Å². The highest BCUT2D eigenvalue weighted by Gasteiger charge is 2.12. The molecule has 0 fully saturated rings. The number of nitrogens with one attached hydrogen (secondary N) is 1. The maximum absolute atomic E-state index is 13.5. The van der Waals surface area contributed by atoms with Gasteiger partial charge in [0.1, 0.15) is 5.82 Å². The van der Waals surface area contributed by atoms with Gasteiger partial charge in [0.05, 0.1) is 12.1 Å². The molecule has 5 rings (SSSR count). The van der Waals surface area contributed by atoms with Gasteiger partial charge in [-0.25, -0.2) is 8.91 Å². The van der Waals surface area contributed by atoms with Gasteiger partial charge in [0.15, 0.2) is 5.82 Å². The standard InChI is InChI=1S/C26H21FN4OS/c27-22-8-4-7-21(16-22)25-29-26-31(30-25)23(17-33-26)13-14-28-24(32)15-18-9-11-20(12-10-18)19-5-2-1-3-6-19/h1-12,16-17H,13-15H2,(H,28,32). The summed E-state index contributed by atoms with van der Waals surface area (Å²) < 4.78 is 15.3. The fraction of sp³-hybridized carbons (Fsp3) is 0.115. The lowest BCUT2D eigenvalue weighted by Crippen LogP contribution is -2.27. The van der Waals surface area contributed by atoms with Gasteiger partial charge < -0.3 is 5.32 Å². The lowest BCUT2D eigenvalue weighted by molar-refractivity contribution is -0.120. The van der Waals surface area contributed by atoms with Crippen molar-refractivity contribution < 1.29 is 9.18 Å². The summed E-state index contributed by atoms with van der Waals surface area (Å²) in [6, 6.07) is 24.5. The van der Waals surface area contributed by atoms with Gasteiger partial charge in [0.25, 0.3) is 0 Å². The normalized spacial score (nSPS) is 11.1. The lowest BCUT2D eigenvalue weighted by Gasteiger charge is -2.06. The monoisotopic (exact) mass is 456 g/mol. The van der Waals surface area contributed by atoms with Crippen LogP contribution in [0.1, 0.15) is 11.3 Å². The molecule has 0 unspecified atom stereocenters. The lowest BCUT2D eigenvalue weighted by atomic mass is 10.0. The smallest absolute Gasteiger partial charge is 0.224 e. The minimum atomic E-state index is -0.316. The van der Waals surface area contributed by atoms with Crippen LogP contribution in [0.3, 0.4) is 0 Å². The van der Waals surface area contributed by atoms with Crippen molar-refractivity contribution in [3.8, 4) is 22.5 Å². The molecule has 0 saturated carbocycles. The molecule has 2 aromatic heterocycles. The third-order valence-electron chi connectivity index (χ3n) is 5.36. The highest BCUT2D eigenvalue weighted by Crippen LogP contribution is 2.22. The number of hydrogen-bond donors (Lipinski definition) is 1. The summed E-state index contributed by atoms with van der Waals surface area (Å²) in [5.41, 5.74) is 4.86. The Morgan fingerprint density at radius 1 is 0.939 bits per heavy atom. The topological polar surface area (TPSA) is 59.3 Å². The maximum atomic E-state index is 13.5. The number of carbonyl (C=O) groups is 1. The minimum absolute atomic E-state index is 0.0204. The largest absolute Gasteiger partial charge is 0.355 e. The van der Waals surface area contributed by atoms with Crippen LogP contribution in [0, 0.1) is 5.82 Å². The molecular weight excluding hydrogens is 435 g/mol. The first kappa shape index (κ1) is 21.0. The third-order valence-corrected chi connectivity index (χ3v) is 6.23. The highest BCUT2D eigenvalue weighted by atomic mass is 32.1. The van der Waals surface area contributed by atoms with E-state index in [1.807, 2.05) is 47.8 Å². The Labute approximate surface area is 194 Å². The van der Waals surface area contributed by atoms with E-state index in [9.17, 15) is 9.18 Å². The molecule has 0 saturated heterocycles. The SMILES string of the molecule is O=C(Cc1ccc(-c2ccccc2)cc1)NCCc1csc2nc(-c3cccc(F)c3)nn12. The quantitative estimate of drug-likeness (QED) is 0.368. The molecule has 2 heterocycles. The maximum Gasteiger partial charge on any atom is 0.224 e. The van der Waals surface area contributed by atoms with E-state index in [-0.39, 0.29) is 11.7 Å². The summed E-state index contributed by atoms with van der Waals surface area (Å²) in [6.07, 6.45) is 0.964. The molecule has 7 heteroatoms. The molecule has 0 spiro atoms. The molecule has 0 atom stereocenters. The first-order valence-electron chi connectivity index (χ1n) is 10.7. The van der Waals surface area contributed by atoms with Crippen molar-refractivity contribution in [3.63, 3.8) is 0 Å². The number of carbonyl (C=O) groups excluding carboxylic acids is 1. The van der Waals surface area contributed by atoms with Crippen LogP contribution >= 0.6 is 11.3 Å². The summed E-state index contributed by atoms with van der Waals surface area (Å²) in [4.78, 5) is 17.6. The van der Waals surface area contributed by atoms with Crippen molar-refractivity contribution in [1.82, 2.24) is 19.9 Å². The van der Waals surface area contributed by atoms with E-state index >= 15 is 0 Å². The number of amides is 1. The number of thiazole rings is 1. The molecule has 5 nitrogen and oxygen atoms in total. The number of rotatable bonds is 7. The fourth-order valence-electron chi connectivity index (χ4n) is 3.67. The van der Waals surface area contributed by atoms with E-state index in [1.54, 1.807) is 16.6 Å². The first-order valence-corrected chi connectivity index (χ1v) is 11.5. The second-order valence-electron chi connectivity index (χ2n) is 7.71. The van der Waals surface area contributed by atoms with Gasteiger partial charge in [0, 0.05) is 23.9 Å². The van der Waals surface area contributed by atoms with Gasteiger partial charge in [-0.15, -0.1) is 16.4 Å². The Bertz CT molecular complexity index is 1390. The summed E-state index contributed by atoms with van der Waals surface area (Å²) in [5, 5.41) is 9.49. The van der Waals surface area contributed by atoms with Crippen molar-refractivity contribution in [2.45, 2.75) is 12.8 Å². The molecular formula is C26H21FN4OS. The Balaban J connectivity index is 1.17. The first-order chi connectivity index (χ1) is 16.2. The summed E-state index contributed by atoms with van der Waals surface area (Å²) in [7, 11) is 0. The third kappa shape index (κ3) is 4.83. The molecule has 164 valence electrons. The zero-order valence-corrected chi connectivity index (χ0v) is 18.6. The second-order valence-corrected chi connectivity index (χ2v) is 8.54. The van der Waals surface area contributed by atoms with Crippen molar-refractivity contribution in [2.24, 2.45) is 0 Å². The van der Waals surface area contributed by atoms with Crippen molar-refractivity contribution in [1.29, 1.82) is 0 Å². The van der Waals surface area contributed by atoms with E-state index < -0.39 is 0 Å². The summed E-state index contributed by atoms with van der Waals surface area (Å²) in [6.45, 7) is 0.502. The van der Waals surface area contributed by atoms with Crippen LogP contribution in [0.4, 0.5) is 4.39 Å². The number of aromatic nitrogens is 3. The average molecular weight is 457 g/mol. The van der Waals surface area contributed by atoms with Gasteiger partial charge in [-0.1, -0.05) is 66.7 Å². The van der Waals surface area contributed by atoms with Gasteiger partial charge in [-0.2, -0.15) is 4.98 Å². The van der Waals surface area contributed by atoms with E-state index in [0.29, 0.717) is 30.8 Å². The Hall–Kier alpha value is -3.84. The number of fused-ring (bicyclic) bond motifs is 1. The van der Waals surface area contributed by atoms with Crippen LogP contribution in [0.15, 0.2) is 84.2 Å². The van der Waals surface area contributed by atoms with E-state index in [2.05, 4.69) is 27.5 Å². The van der Waals surface area contributed by atoms with Crippen LogP contribution in [0.2, 0.25) is 0 Å². The van der Waals surface area contributed by atoms with Crippen LogP contribution in [0.25, 0.3) is 27.5 Å². The summed E-state index contributed by atoms with van der Waals surface area (Å²) in [5.74, 6) is 0.154. The minimum Gasteiger partial charge on any atom is -0.355 e. The number of benzene rings is 3. The number of hydrogen-bond acceptors (Lipinski definition) is 4. The number of nitrogens with zero attached hydrogens (tertiary/aromatic N) is 3. The molecule has 0 aliphatic carbocycles. The highest BCUT2D eigenvalue weighted by molar-refractivity contribution is 7.15. The molecule has 1 N–H and O–H groups in total. The Morgan fingerprint density at radius 3 is 2.48 bits per heavy atom. The zero-order valence-electron chi connectivity index (χ0n) is 17.7. The average Bonchev–Trinajstić information content (AvgIpc) is 3.42. The van der Waals surface area contributed by atoms with Crippen molar-refractivity contribution in [3.05, 3.63) is 101 Å². The summed E-state index contributed by atoms with van der Waals surface area (Å²) >= 11 is 1.48. The molecule has 0 bridgehead atoms. The molecule has 1 amide bonds. The van der Waals surface area contributed by atoms with E-state index in [0.717, 1.165) is 27.3 Å². The molecule has 0 aliphatic rings. The van der Waals surface area contributed by atoms with Crippen LogP contribution in [-0.4, -0.2) is 27.0 Å². The zero-order chi connectivity index (χ0) is 22.6. The van der Waals surface area contributed by atoms with Crippen LogP contribution in [-0.2, 0) is 17.6 Å². The van der Waals surface area contributed by atoms with Crippen LogP contribution < -0.4 is 5.32 Å². The molecule has 0 aliphatic heterocycles. The molecule has 3 aromatic carbocycles. The van der Waals surface area contributed by atoms with Crippen molar-refractivity contribution in [2.75, 3.05) is 6.54 Å². The predicted octanol–water partition coefficient (Wildman–Crippen LogP) is 5.17. The molecule has 0 radical (unpaired) electrons. The molecule has 33 heavy (non-hydrogen) atoms. The van der Waals surface area contributed by atoms with Crippen LogP contribution in [0.5, 0.6) is 0 Å². The Kier molecular flexibility index (Phi) is 5.95. The fourth-order valence-corrected chi connectivity index (χ4v) is 4.53. The Morgan fingerprint density at radius 2 is 1.70 bits per heavy atom. The van der Waals surface area contributed by atoms with E-state index in [4.69, 9.17) is 0 Å².